The molecule has 0 aliphatic carbocycles. The van der Waals surface area contributed by atoms with Gasteiger partial charge in [0, 0.05) is 44.1 Å². The summed E-state index contributed by atoms with van der Waals surface area (Å²) in [6.45, 7) is 8.36. The fraction of sp³-hybridized carbons (Fsp3) is 0.632. The van der Waals surface area contributed by atoms with E-state index in [-0.39, 0.29) is 30.5 Å². The highest BCUT2D eigenvalue weighted by Gasteiger charge is 2.29. The SMILES string of the molecule is CC(C)C1CNCCN1C(=O)c1ccc(OC2CCOCC2)cc1.Cl. The lowest BCUT2D eigenvalue weighted by atomic mass is 9.99. The van der Waals surface area contributed by atoms with Gasteiger partial charge in [0.2, 0.25) is 0 Å². The van der Waals surface area contributed by atoms with Gasteiger partial charge in [-0.15, -0.1) is 12.4 Å². The van der Waals surface area contributed by atoms with Gasteiger partial charge < -0.3 is 19.7 Å². The van der Waals surface area contributed by atoms with Crippen LogP contribution in [-0.2, 0) is 4.74 Å². The lowest BCUT2D eigenvalue weighted by molar-refractivity contribution is 0.0255. The molecule has 1 aromatic carbocycles. The van der Waals surface area contributed by atoms with Gasteiger partial charge in [0.15, 0.2) is 0 Å². The van der Waals surface area contributed by atoms with Crippen molar-refractivity contribution < 1.29 is 14.3 Å². The number of halogens is 1. The summed E-state index contributed by atoms with van der Waals surface area (Å²) in [6, 6.07) is 7.85. The first-order valence-electron chi connectivity index (χ1n) is 9.01. The topological polar surface area (TPSA) is 50.8 Å². The molecule has 0 aromatic heterocycles. The second-order valence-corrected chi connectivity index (χ2v) is 6.97. The number of carbonyl (C=O) groups is 1. The predicted octanol–water partition coefficient (Wildman–Crippen LogP) is 2.74. The van der Waals surface area contributed by atoms with Gasteiger partial charge in [-0.1, -0.05) is 13.8 Å². The highest BCUT2D eigenvalue weighted by atomic mass is 35.5. The quantitative estimate of drug-likeness (QED) is 0.887. The highest BCUT2D eigenvalue weighted by molar-refractivity contribution is 5.94. The lowest BCUT2D eigenvalue weighted by Crippen LogP contribution is -2.55. The van der Waals surface area contributed by atoms with Crippen molar-refractivity contribution in [2.45, 2.75) is 38.8 Å². The molecule has 0 saturated carbocycles. The fourth-order valence-electron chi connectivity index (χ4n) is 3.40. The number of nitrogens with one attached hydrogen (secondary N) is 1. The summed E-state index contributed by atoms with van der Waals surface area (Å²) in [4.78, 5) is 14.9. The lowest BCUT2D eigenvalue weighted by Gasteiger charge is -2.38. The van der Waals surface area contributed by atoms with Crippen LogP contribution in [0.4, 0.5) is 0 Å². The molecule has 140 valence electrons. The predicted molar refractivity (Wildman–Crippen MR) is 101 cm³/mol. The minimum atomic E-state index is 0. The smallest absolute Gasteiger partial charge is 0.254 e. The van der Waals surface area contributed by atoms with Crippen LogP contribution in [0.3, 0.4) is 0 Å². The van der Waals surface area contributed by atoms with Gasteiger partial charge in [0.05, 0.1) is 13.2 Å². The van der Waals surface area contributed by atoms with Gasteiger partial charge in [0.25, 0.3) is 5.91 Å². The Morgan fingerprint density at radius 1 is 1.24 bits per heavy atom. The van der Waals surface area contributed by atoms with E-state index < -0.39 is 0 Å². The molecule has 25 heavy (non-hydrogen) atoms. The normalized spacial score (nSPS) is 21.7. The Bertz CT molecular complexity index is 544. The first-order chi connectivity index (χ1) is 11.6. The van der Waals surface area contributed by atoms with E-state index in [0.717, 1.165) is 57.0 Å². The third-order valence-corrected chi connectivity index (χ3v) is 4.89. The first-order valence-corrected chi connectivity index (χ1v) is 9.01. The van der Waals surface area contributed by atoms with Crippen LogP contribution in [-0.4, -0.2) is 55.8 Å². The Labute approximate surface area is 156 Å². The molecule has 2 aliphatic heterocycles. The molecule has 0 radical (unpaired) electrons. The molecule has 1 N–H and O–H groups in total. The molecule has 1 amide bonds. The molecule has 1 unspecified atom stereocenters. The third-order valence-electron chi connectivity index (χ3n) is 4.89. The van der Waals surface area contributed by atoms with Gasteiger partial charge in [-0.05, 0) is 30.2 Å². The van der Waals surface area contributed by atoms with Crippen molar-refractivity contribution in [2.24, 2.45) is 5.92 Å². The summed E-state index contributed by atoms with van der Waals surface area (Å²) in [5.74, 6) is 1.39. The van der Waals surface area contributed by atoms with Crippen molar-refractivity contribution in [2.75, 3.05) is 32.8 Å². The number of hydrogen-bond acceptors (Lipinski definition) is 4. The Kier molecular flexibility index (Phi) is 7.54. The molecular weight excluding hydrogens is 340 g/mol. The maximum Gasteiger partial charge on any atom is 0.254 e. The molecule has 6 heteroatoms. The molecule has 0 spiro atoms. The number of hydrogen-bond donors (Lipinski definition) is 1. The van der Waals surface area contributed by atoms with Crippen molar-refractivity contribution >= 4 is 18.3 Å². The minimum absolute atomic E-state index is 0. The molecule has 5 nitrogen and oxygen atoms in total. The maximum absolute atomic E-state index is 12.9. The first kappa shape index (κ1) is 20.0. The number of piperazine rings is 1. The number of carbonyl (C=O) groups excluding carboxylic acids is 1. The monoisotopic (exact) mass is 368 g/mol. The van der Waals surface area contributed by atoms with Crippen LogP contribution in [0.15, 0.2) is 24.3 Å². The van der Waals surface area contributed by atoms with Crippen molar-refractivity contribution in [3.63, 3.8) is 0 Å². The Morgan fingerprint density at radius 3 is 2.56 bits per heavy atom. The largest absolute Gasteiger partial charge is 0.490 e. The Morgan fingerprint density at radius 2 is 1.92 bits per heavy atom. The van der Waals surface area contributed by atoms with E-state index in [1.54, 1.807) is 0 Å². The van der Waals surface area contributed by atoms with E-state index >= 15 is 0 Å². The molecule has 1 atom stereocenters. The van der Waals surface area contributed by atoms with Gasteiger partial charge in [-0.2, -0.15) is 0 Å². The van der Waals surface area contributed by atoms with E-state index in [1.807, 2.05) is 29.2 Å². The molecule has 2 fully saturated rings. The van der Waals surface area contributed by atoms with Gasteiger partial charge >= 0.3 is 0 Å². The summed E-state index contributed by atoms with van der Waals surface area (Å²) in [6.07, 6.45) is 2.08. The zero-order valence-electron chi connectivity index (χ0n) is 15.1. The number of benzene rings is 1. The van der Waals surface area contributed by atoms with E-state index in [2.05, 4.69) is 19.2 Å². The molecule has 3 rings (SSSR count). The molecule has 1 aromatic rings. The zero-order valence-corrected chi connectivity index (χ0v) is 15.9. The highest BCUT2D eigenvalue weighted by Crippen LogP contribution is 2.21. The zero-order chi connectivity index (χ0) is 16.9. The number of amides is 1. The van der Waals surface area contributed by atoms with Gasteiger partial charge in [-0.3, -0.25) is 4.79 Å². The summed E-state index contributed by atoms with van der Waals surface area (Å²) >= 11 is 0. The van der Waals surface area contributed by atoms with Crippen molar-refractivity contribution in [3.8, 4) is 5.75 Å². The van der Waals surface area contributed by atoms with Crippen LogP contribution in [0.1, 0.15) is 37.0 Å². The number of nitrogens with zero attached hydrogens (tertiary/aromatic N) is 1. The molecule has 0 bridgehead atoms. The van der Waals surface area contributed by atoms with E-state index in [0.29, 0.717) is 5.92 Å². The van der Waals surface area contributed by atoms with E-state index in [4.69, 9.17) is 9.47 Å². The molecule has 2 heterocycles. The molecule has 2 aliphatic rings. The summed E-state index contributed by atoms with van der Waals surface area (Å²) in [7, 11) is 0. The van der Waals surface area contributed by atoms with Crippen LogP contribution in [0, 0.1) is 5.92 Å². The van der Waals surface area contributed by atoms with E-state index in [1.165, 1.54) is 0 Å². The molecule has 2 saturated heterocycles. The second kappa shape index (κ2) is 9.41. The average Bonchev–Trinajstić information content (AvgIpc) is 2.62. The van der Waals surface area contributed by atoms with Crippen LogP contribution >= 0.6 is 12.4 Å². The number of ether oxygens (including phenoxy) is 2. The molecular formula is C19H29ClN2O3. The van der Waals surface area contributed by atoms with Crippen molar-refractivity contribution in [3.05, 3.63) is 29.8 Å². The van der Waals surface area contributed by atoms with Crippen LogP contribution in [0.5, 0.6) is 5.75 Å². The van der Waals surface area contributed by atoms with Gasteiger partial charge in [0.1, 0.15) is 11.9 Å². The fourth-order valence-corrected chi connectivity index (χ4v) is 3.40. The second-order valence-electron chi connectivity index (χ2n) is 6.97. The summed E-state index contributed by atoms with van der Waals surface area (Å²) < 4.78 is 11.3. The van der Waals surface area contributed by atoms with Crippen LogP contribution < -0.4 is 10.1 Å². The third kappa shape index (κ3) is 5.09. The van der Waals surface area contributed by atoms with Crippen LogP contribution in [0.25, 0.3) is 0 Å². The van der Waals surface area contributed by atoms with E-state index in [9.17, 15) is 4.79 Å². The van der Waals surface area contributed by atoms with Crippen LogP contribution in [0.2, 0.25) is 0 Å². The van der Waals surface area contributed by atoms with Gasteiger partial charge in [-0.25, -0.2) is 0 Å². The number of rotatable bonds is 4. The minimum Gasteiger partial charge on any atom is -0.490 e. The standard InChI is InChI=1S/C19H28N2O3.ClH/c1-14(2)18-13-20-9-10-21(18)19(22)15-3-5-16(6-4-15)24-17-7-11-23-12-8-17;/h3-6,14,17-18,20H,7-13H2,1-2H3;1H. The Balaban J connectivity index is 0.00000225. The van der Waals surface area contributed by atoms with Crippen molar-refractivity contribution in [1.29, 1.82) is 0 Å². The maximum atomic E-state index is 12.9. The summed E-state index contributed by atoms with van der Waals surface area (Å²) in [5.41, 5.74) is 0.738. The van der Waals surface area contributed by atoms with Crippen molar-refractivity contribution in [1.82, 2.24) is 10.2 Å². The Hall–Kier alpha value is -1.30. The summed E-state index contributed by atoms with van der Waals surface area (Å²) in [5, 5.41) is 3.38. The average molecular weight is 369 g/mol.